The SMILES string of the molecule is COCc1csc(NC(=O)[C@H]2CCCN(C(=O)C(C)(C)C)C2)n1. The fourth-order valence-electron chi connectivity index (χ4n) is 2.64. The number of nitrogens with one attached hydrogen (secondary N) is 1. The molecule has 23 heavy (non-hydrogen) atoms. The van der Waals surface area contributed by atoms with Crippen molar-refractivity contribution in [2.45, 2.75) is 40.2 Å². The van der Waals surface area contributed by atoms with Gasteiger partial charge in [0.2, 0.25) is 11.8 Å². The van der Waals surface area contributed by atoms with Gasteiger partial charge in [0.1, 0.15) is 0 Å². The number of carbonyl (C=O) groups is 2. The first kappa shape index (κ1) is 17.9. The Kier molecular flexibility index (Phi) is 5.75. The second kappa shape index (κ2) is 7.40. The number of amides is 2. The molecule has 1 aromatic heterocycles. The van der Waals surface area contributed by atoms with E-state index in [9.17, 15) is 9.59 Å². The predicted octanol–water partition coefficient (Wildman–Crippen LogP) is 2.51. The Hall–Kier alpha value is -1.47. The van der Waals surface area contributed by atoms with E-state index in [0.29, 0.717) is 18.3 Å². The van der Waals surface area contributed by atoms with Crippen LogP contribution in [-0.2, 0) is 20.9 Å². The van der Waals surface area contributed by atoms with Crippen molar-refractivity contribution in [3.05, 3.63) is 11.1 Å². The third-order valence-electron chi connectivity index (χ3n) is 3.80. The molecule has 1 N–H and O–H groups in total. The Morgan fingerprint density at radius 1 is 1.48 bits per heavy atom. The lowest BCUT2D eigenvalue weighted by Crippen LogP contribution is -2.47. The van der Waals surface area contributed by atoms with Gasteiger partial charge in [0.15, 0.2) is 5.13 Å². The summed E-state index contributed by atoms with van der Waals surface area (Å²) in [5.74, 6) is -0.133. The average Bonchev–Trinajstić information content (AvgIpc) is 2.93. The quantitative estimate of drug-likeness (QED) is 0.915. The molecule has 128 valence electrons. The first-order valence-corrected chi connectivity index (χ1v) is 8.73. The van der Waals surface area contributed by atoms with E-state index < -0.39 is 5.41 Å². The molecule has 6 nitrogen and oxygen atoms in total. The minimum Gasteiger partial charge on any atom is -0.378 e. The van der Waals surface area contributed by atoms with Crippen LogP contribution in [0.15, 0.2) is 5.38 Å². The topological polar surface area (TPSA) is 71.5 Å². The number of aromatic nitrogens is 1. The Morgan fingerprint density at radius 2 is 2.22 bits per heavy atom. The lowest BCUT2D eigenvalue weighted by molar-refractivity contribution is -0.142. The molecular weight excluding hydrogens is 314 g/mol. The molecule has 0 spiro atoms. The number of methoxy groups -OCH3 is 1. The van der Waals surface area contributed by atoms with Crippen molar-refractivity contribution in [1.29, 1.82) is 0 Å². The maximum Gasteiger partial charge on any atom is 0.231 e. The molecule has 2 heterocycles. The van der Waals surface area contributed by atoms with Gasteiger partial charge in [-0.15, -0.1) is 11.3 Å². The molecule has 1 saturated heterocycles. The highest BCUT2D eigenvalue weighted by Gasteiger charge is 2.33. The van der Waals surface area contributed by atoms with Crippen molar-refractivity contribution in [3.63, 3.8) is 0 Å². The van der Waals surface area contributed by atoms with Crippen LogP contribution in [0.25, 0.3) is 0 Å². The van der Waals surface area contributed by atoms with Crippen LogP contribution in [0.3, 0.4) is 0 Å². The van der Waals surface area contributed by atoms with Crippen LogP contribution < -0.4 is 5.32 Å². The Labute approximate surface area is 141 Å². The number of nitrogens with zero attached hydrogens (tertiary/aromatic N) is 2. The van der Waals surface area contributed by atoms with E-state index >= 15 is 0 Å². The van der Waals surface area contributed by atoms with Gasteiger partial charge in [-0.25, -0.2) is 4.98 Å². The van der Waals surface area contributed by atoms with Crippen LogP contribution >= 0.6 is 11.3 Å². The second-order valence-corrected chi connectivity index (χ2v) is 7.76. The summed E-state index contributed by atoms with van der Waals surface area (Å²) in [6.07, 6.45) is 1.66. The molecule has 0 unspecified atom stereocenters. The van der Waals surface area contributed by atoms with Crippen LogP contribution in [0.4, 0.5) is 5.13 Å². The highest BCUT2D eigenvalue weighted by molar-refractivity contribution is 7.13. The normalized spacial score (nSPS) is 18.8. The monoisotopic (exact) mass is 339 g/mol. The van der Waals surface area contributed by atoms with Gasteiger partial charge in [-0.05, 0) is 12.8 Å². The average molecular weight is 339 g/mol. The molecule has 2 rings (SSSR count). The number of thiazole rings is 1. The molecule has 1 aliphatic heterocycles. The van der Waals surface area contributed by atoms with E-state index in [2.05, 4.69) is 10.3 Å². The van der Waals surface area contributed by atoms with Crippen molar-refractivity contribution in [1.82, 2.24) is 9.88 Å². The van der Waals surface area contributed by atoms with Gasteiger partial charge < -0.3 is 15.0 Å². The van der Waals surface area contributed by atoms with E-state index in [1.54, 1.807) is 7.11 Å². The zero-order chi connectivity index (χ0) is 17.0. The second-order valence-electron chi connectivity index (χ2n) is 6.91. The van der Waals surface area contributed by atoms with Crippen molar-refractivity contribution in [2.75, 3.05) is 25.5 Å². The van der Waals surface area contributed by atoms with E-state index in [-0.39, 0.29) is 17.7 Å². The highest BCUT2D eigenvalue weighted by Crippen LogP contribution is 2.25. The van der Waals surface area contributed by atoms with Gasteiger partial charge in [-0.1, -0.05) is 20.8 Å². The van der Waals surface area contributed by atoms with Gasteiger partial charge in [0, 0.05) is 31.0 Å². The number of ether oxygens (including phenoxy) is 1. The summed E-state index contributed by atoms with van der Waals surface area (Å²) >= 11 is 1.39. The van der Waals surface area contributed by atoms with Crippen LogP contribution in [0.1, 0.15) is 39.3 Å². The van der Waals surface area contributed by atoms with Crippen LogP contribution in [0.5, 0.6) is 0 Å². The summed E-state index contributed by atoms with van der Waals surface area (Å²) in [6, 6.07) is 0. The molecule has 0 aromatic carbocycles. The summed E-state index contributed by atoms with van der Waals surface area (Å²) in [5, 5.41) is 5.32. The maximum atomic E-state index is 12.4. The van der Waals surface area contributed by atoms with Gasteiger partial charge in [0.25, 0.3) is 0 Å². The Morgan fingerprint density at radius 3 is 2.87 bits per heavy atom. The Balaban J connectivity index is 1.95. The van der Waals surface area contributed by atoms with Crippen molar-refractivity contribution >= 4 is 28.3 Å². The summed E-state index contributed by atoms with van der Waals surface area (Å²) in [7, 11) is 1.61. The fourth-order valence-corrected chi connectivity index (χ4v) is 3.33. The summed E-state index contributed by atoms with van der Waals surface area (Å²) < 4.78 is 5.02. The first-order chi connectivity index (χ1) is 10.8. The van der Waals surface area contributed by atoms with Gasteiger partial charge in [0.05, 0.1) is 18.2 Å². The highest BCUT2D eigenvalue weighted by atomic mass is 32.1. The minimum atomic E-state index is -0.414. The number of carbonyl (C=O) groups excluding carboxylic acids is 2. The molecule has 1 fully saturated rings. The smallest absolute Gasteiger partial charge is 0.231 e. The molecule has 0 saturated carbocycles. The molecule has 0 bridgehead atoms. The standard InChI is InChI=1S/C16H25N3O3S/c1-16(2,3)14(21)19-7-5-6-11(8-19)13(20)18-15-17-12(9-22-4)10-23-15/h10-11H,5-9H2,1-4H3,(H,17,18,20)/t11-/m0/s1. The molecular formula is C16H25N3O3S. The van der Waals surface area contributed by atoms with Gasteiger partial charge >= 0.3 is 0 Å². The third kappa shape index (κ3) is 4.75. The first-order valence-electron chi connectivity index (χ1n) is 7.85. The molecule has 1 atom stereocenters. The number of piperidine rings is 1. The zero-order valence-corrected chi connectivity index (χ0v) is 15.0. The third-order valence-corrected chi connectivity index (χ3v) is 4.60. The predicted molar refractivity (Wildman–Crippen MR) is 90.2 cm³/mol. The molecule has 1 aliphatic rings. The number of hydrogen-bond acceptors (Lipinski definition) is 5. The number of rotatable bonds is 4. The fraction of sp³-hybridized carbons (Fsp3) is 0.688. The zero-order valence-electron chi connectivity index (χ0n) is 14.2. The van der Waals surface area contributed by atoms with E-state index in [1.165, 1.54) is 11.3 Å². The number of likely N-dealkylation sites (tertiary alicyclic amines) is 1. The van der Waals surface area contributed by atoms with Crippen molar-refractivity contribution < 1.29 is 14.3 Å². The molecule has 2 amide bonds. The number of anilines is 1. The summed E-state index contributed by atoms with van der Waals surface area (Å²) in [4.78, 5) is 31.0. The number of hydrogen-bond donors (Lipinski definition) is 1. The van der Waals surface area contributed by atoms with Gasteiger partial charge in [-0.2, -0.15) is 0 Å². The van der Waals surface area contributed by atoms with E-state index in [1.807, 2.05) is 31.1 Å². The van der Waals surface area contributed by atoms with Crippen LogP contribution in [-0.4, -0.2) is 41.9 Å². The molecule has 1 aromatic rings. The van der Waals surface area contributed by atoms with Crippen molar-refractivity contribution in [3.8, 4) is 0 Å². The lowest BCUT2D eigenvalue weighted by Gasteiger charge is -2.35. The maximum absolute atomic E-state index is 12.4. The largest absolute Gasteiger partial charge is 0.378 e. The van der Waals surface area contributed by atoms with E-state index in [4.69, 9.17) is 4.74 Å². The Bertz CT molecular complexity index is 565. The van der Waals surface area contributed by atoms with Crippen LogP contribution in [0.2, 0.25) is 0 Å². The lowest BCUT2D eigenvalue weighted by atomic mass is 9.91. The minimum absolute atomic E-state index is 0.0604. The van der Waals surface area contributed by atoms with Gasteiger partial charge in [-0.3, -0.25) is 9.59 Å². The molecule has 7 heteroatoms. The summed E-state index contributed by atoms with van der Waals surface area (Å²) in [5.41, 5.74) is 0.393. The molecule has 0 radical (unpaired) electrons. The van der Waals surface area contributed by atoms with Crippen LogP contribution in [0, 0.1) is 11.3 Å². The van der Waals surface area contributed by atoms with E-state index in [0.717, 1.165) is 25.1 Å². The molecule has 0 aliphatic carbocycles. The van der Waals surface area contributed by atoms with Crippen molar-refractivity contribution in [2.24, 2.45) is 11.3 Å². The summed E-state index contributed by atoms with van der Waals surface area (Å²) in [6.45, 7) is 7.38.